The van der Waals surface area contributed by atoms with Crippen molar-refractivity contribution in [2.24, 2.45) is 5.10 Å². The van der Waals surface area contributed by atoms with Crippen molar-refractivity contribution >= 4 is 46.6 Å². The van der Waals surface area contributed by atoms with Gasteiger partial charge < -0.3 is 4.74 Å². The molecule has 0 fully saturated rings. The number of para-hydroxylation sites is 1. The van der Waals surface area contributed by atoms with E-state index in [1.165, 1.54) is 30.7 Å². The molecule has 0 unspecified atom stereocenters. The highest BCUT2D eigenvalue weighted by atomic mass is 35.5. The first kappa shape index (κ1) is 23.4. The lowest BCUT2D eigenvalue weighted by Crippen LogP contribution is -2.21. The average molecular weight is 459 g/mol. The molecule has 0 bridgehead atoms. The second kappa shape index (κ2) is 11.4. The summed E-state index contributed by atoms with van der Waals surface area (Å²) in [6, 6.07) is 12.9. The van der Waals surface area contributed by atoms with Crippen LogP contribution in [0, 0.1) is 0 Å². The predicted octanol–water partition coefficient (Wildman–Crippen LogP) is 7.54. The summed E-state index contributed by atoms with van der Waals surface area (Å²) in [5, 5.41) is 6.67. The van der Waals surface area contributed by atoms with E-state index in [1.807, 2.05) is 37.3 Å². The monoisotopic (exact) mass is 458 g/mol. The van der Waals surface area contributed by atoms with Crippen molar-refractivity contribution in [1.29, 1.82) is 0 Å². The zero-order valence-corrected chi connectivity index (χ0v) is 19.5. The topological polar surface area (TPSA) is 41.9 Å². The molecule has 1 aliphatic rings. The standard InChI is InChI=1S/C25H28Cl2N2O2/c1-3-4-5-6-7-11-14-31-24-22(26)16-19(17-23(24)27)15-21-18(2)28-29(25(21)30)20-12-9-8-10-13-20/h8-10,12-13,15-17H,3-7,11,14H2,1-2H3/b21-15-. The van der Waals surface area contributed by atoms with Crippen molar-refractivity contribution in [2.75, 3.05) is 11.6 Å². The quantitative estimate of drug-likeness (QED) is 0.272. The van der Waals surface area contributed by atoms with Crippen LogP contribution in [0.5, 0.6) is 5.75 Å². The molecular weight excluding hydrogens is 431 g/mol. The van der Waals surface area contributed by atoms with Crippen molar-refractivity contribution < 1.29 is 9.53 Å². The SMILES string of the molecule is CCCCCCCCOc1c(Cl)cc(/C=C2\C(=O)N(c3ccccc3)N=C2C)cc1Cl. The summed E-state index contributed by atoms with van der Waals surface area (Å²) in [6.45, 7) is 4.61. The molecule has 0 aromatic heterocycles. The van der Waals surface area contributed by atoms with Crippen molar-refractivity contribution in [1.82, 2.24) is 0 Å². The highest BCUT2D eigenvalue weighted by molar-refractivity contribution is 6.37. The molecule has 164 valence electrons. The van der Waals surface area contributed by atoms with Gasteiger partial charge in [-0.1, -0.05) is 80.4 Å². The van der Waals surface area contributed by atoms with E-state index in [4.69, 9.17) is 27.9 Å². The first-order valence-electron chi connectivity index (χ1n) is 10.8. The number of halogens is 2. The van der Waals surface area contributed by atoms with Crippen LogP contribution in [0.25, 0.3) is 6.08 Å². The lowest BCUT2D eigenvalue weighted by molar-refractivity contribution is -0.114. The van der Waals surface area contributed by atoms with Gasteiger partial charge in [0.15, 0.2) is 5.75 Å². The Bertz CT molecular complexity index is 948. The molecule has 2 aromatic rings. The van der Waals surface area contributed by atoms with E-state index in [9.17, 15) is 4.79 Å². The van der Waals surface area contributed by atoms with Crippen molar-refractivity contribution in [2.45, 2.75) is 52.4 Å². The molecular formula is C25H28Cl2N2O2. The molecule has 4 nitrogen and oxygen atoms in total. The van der Waals surface area contributed by atoms with Gasteiger partial charge in [0, 0.05) is 0 Å². The molecule has 0 atom stereocenters. The normalized spacial score (nSPS) is 15.0. The predicted molar refractivity (Wildman–Crippen MR) is 130 cm³/mol. The van der Waals surface area contributed by atoms with Crippen LogP contribution in [0.2, 0.25) is 10.0 Å². The first-order valence-corrected chi connectivity index (χ1v) is 11.6. The maximum atomic E-state index is 12.9. The molecule has 0 N–H and O–H groups in total. The summed E-state index contributed by atoms with van der Waals surface area (Å²) in [4.78, 5) is 12.9. The third kappa shape index (κ3) is 6.11. The van der Waals surface area contributed by atoms with Gasteiger partial charge >= 0.3 is 0 Å². The van der Waals surface area contributed by atoms with Crippen molar-refractivity contribution in [3.63, 3.8) is 0 Å². The highest BCUT2D eigenvalue weighted by Crippen LogP contribution is 2.35. The average Bonchev–Trinajstić information content (AvgIpc) is 3.03. The Morgan fingerprint density at radius 2 is 1.65 bits per heavy atom. The molecule has 1 aliphatic heterocycles. The zero-order valence-electron chi connectivity index (χ0n) is 18.0. The fourth-order valence-corrected chi connectivity index (χ4v) is 4.07. The molecule has 1 heterocycles. The number of hydrazone groups is 1. The summed E-state index contributed by atoms with van der Waals surface area (Å²) in [7, 11) is 0. The largest absolute Gasteiger partial charge is 0.490 e. The molecule has 0 spiro atoms. The van der Waals surface area contributed by atoms with Gasteiger partial charge in [-0.3, -0.25) is 4.79 Å². The number of benzene rings is 2. The van der Waals surface area contributed by atoms with Gasteiger partial charge in [0.2, 0.25) is 0 Å². The molecule has 0 saturated carbocycles. The number of hydrogen-bond donors (Lipinski definition) is 0. The Morgan fingerprint density at radius 3 is 2.32 bits per heavy atom. The minimum Gasteiger partial charge on any atom is -0.490 e. The molecule has 6 heteroatoms. The Kier molecular flexibility index (Phi) is 8.56. The summed E-state index contributed by atoms with van der Waals surface area (Å²) in [5.74, 6) is 0.312. The van der Waals surface area contributed by atoms with Gasteiger partial charge in [0.05, 0.1) is 33.6 Å². The van der Waals surface area contributed by atoms with Crippen LogP contribution in [0.15, 0.2) is 53.1 Å². The molecule has 2 aromatic carbocycles. The lowest BCUT2D eigenvalue weighted by Gasteiger charge is -2.12. The Hall–Kier alpha value is -2.30. The first-order chi connectivity index (χ1) is 15.0. The van der Waals surface area contributed by atoms with Crippen molar-refractivity contribution in [3.05, 3.63) is 63.6 Å². The fraction of sp³-hybridized carbons (Fsp3) is 0.360. The molecule has 0 aliphatic carbocycles. The minimum absolute atomic E-state index is 0.181. The van der Waals surface area contributed by atoms with Gasteiger partial charge in [-0.25, -0.2) is 0 Å². The molecule has 31 heavy (non-hydrogen) atoms. The van der Waals surface area contributed by atoms with Gasteiger partial charge in [-0.15, -0.1) is 0 Å². The van der Waals surface area contributed by atoms with Gasteiger partial charge in [0.1, 0.15) is 0 Å². The number of anilines is 1. The Morgan fingerprint density at radius 1 is 1.00 bits per heavy atom. The molecule has 0 saturated heterocycles. The third-order valence-electron chi connectivity index (χ3n) is 5.14. The van der Waals surface area contributed by atoms with E-state index in [1.54, 1.807) is 18.2 Å². The fourth-order valence-electron chi connectivity index (χ4n) is 3.45. The summed E-state index contributed by atoms with van der Waals surface area (Å²) < 4.78 is 5.83. The van der Waals surface area contributed by atoms with Gasteiger partial charge in [-0.2, -0.15) is 10.1 Å². The van der Waals surface area contributed by atoms with Crippen LogP contribution in [0.4, 0.5) is 5.69 Å². The van der Waals surface area contributed by atoms with Crippen LogP contribution in [-0.2, 0) is 4.79 Å². The zero-order chi connectivity index (χ0) is 22.2. The van der Waals surface area contributed by atoms with Crippen LogP contribution in [-0.4, -0.2) is 18.2 Å². The summed E-state index contributed by atoms with van der Waals surface area (Å²) >= 11 is 12.9. The van der Waals surface area contributed by atoms with E-state index < -0.39 is 0 Å². The Labute approximate surface area is 194 Å². The van der Waals surface area contributed by atoms with E-state index in [0.29, 0.717) is 33.7 Å². The van der Waals surface area contributed by atoms with E-state index in [2.05, 4.69) is 12.0 Å². The van der Waals surface area contributed by atoms with E-state index >= 15 is 0 Å². The second-order valence-electron chi connectivity index (χ2n) is 7.63. The molecule has 0 radical (unpaired) electrons. The molecule has 3 rings (SSSR count). The number of carbonyl (C=O) groups is 1. The van der Waals surface area contributed by atoms with Crippen LogP contribution < -0.4 is 9.75 Å². The van der Waals surface area contributed by atoms with Gasteiger partial charge in [-0.05, 0) is 49.2 Å². The number of nitrogens with zero attached hydrogens (tertiary/aromatic N) is 2. The number of hydrogen-bond acceptors (Lipinski definition) is 3. The number of amides is 1. The number of rotatable bonds is 10. The number of ether oxygens (including phenoxy) is 1. The maximum absolute atomic E-state index is 12.9. The smallest absolute Gasteiger partial charge is 0.280 e. The lowest BCUT2D eigenvalue weighted by atomic mass is 10.1. The van der Waals surface area contributed by atoms with Gasteiger partial charge in [0.25, 0.3) is 5.91 Å². The number of carbonyl (C=O) groups excluding carboxylic acids is 1. The summed E-state index contributed by atoms with van der Waals surface area (Å²) in [6.07, 6.45) is 8.89. The van der Waals surface area contributed by atoms with E-state index in [0.717, 1.165) is 24.1 Å². The maximum Gasteiger partial charge on any atom is 0.280 e. The minimum atomic E-state index is -0.181. The second-order valence-corrected chi connectivity index (χ2v) is 8.44. The molecule has 1 amide bonds. The van der Waals surface area contributed by atoms with Crippen LogP contribution >= 0.6 is 23.2 Å². The Balaban J connectivity index is 1.66. The van der Waals surface area contributed by atoms with E-state index in [-0.39, 0.29) is 5.91 Å². The number of unbranched alkanes of at least 4 members (excludes halogenated alkanes) is 5. The van der Waals surface area contributed by atoms with Crippen LogP contribution in [0.1, 0.15) is 57.9 Å². The summed E-state index contributed by atoms with van der Waals surface area (Å²) in [5.41, 5.74) is 2.61. The third-order valence-corrected chi connectivity index (χ3v) is 5.70. The van der Waals surface area contributed by atoms with Crippen LogP contribution in [0.3, 0.4) is 0 Å². The van der Waals surface area contributed by atoms with Crippen molar-refractivity contribution in [3.8, 4) is 5.75 Å². The highest BCUT2D eigenvalue weighted by Gasteiger charge is 2.28.